The number of ether oxygens (including phenoxy) is 2. The van der Waals surface area contributed by atoms with Crippen LogP contribution in [-0.4, -0.2) is 35.1 Å². The van der Waals surface area contributed by atoms with Gasteiger partial charge < -0.3 is 19.7 Å². The molecule has 1 aliphatic heterocycles. The molecule has 0 bridgehead atoms. The van der Waals surface area contributed by atoms with Crippen molar-refractivity contribution in [2.24, 2.45) is 0 Å². The number of fused-ring (bicyclic) bond motifs is 1. The van der Waals surface area contributed by atoms with Crippen molar-refractivity contribution in [2.45, 2.75) is 58.7 Å². The molecular formula is C24H28Cl2N2O4. The monoisotopic (exact) mass is 478 g/mol. The summed E-state index contributed by atoms with van der Waals surface area (Å²) in [4.78, 5) is 27.7. The van der Waals surface area contributed by atoms with Gasteiger partial charge in [0.2, 0.25) is 18.6 Å². The fraction of sp³-hybridized carbons (Fsp3) is 0.417. The first-order valence-corrected chi connectivity index (χ1v) is 11.2. The molecule has 0 spiro atoms. The summed E-state index contributed by atoms with van der Waals surface area (Å²) in [6, 6.07) is 10.1. The van der Waals surface area contributed by atoms with Crippen LogP contribution in [0.1, 0.15) is 45.2 Å². The van der Waals surface area contributed by atoms with E-state index < -0.39 is 11.6 Å². The Kier molecular flexibility index (Phi) is 7.57. The van der Waals surface area contributed by atoms with E-state index in [0.29, 0.717) is 33.5 Å². The molecular weight excluding hydrogens is 451 g/mol. The number of nitrogens with zero attached hydrogens (tertiary/aromatic N) is 1. The van der Waals surface area contributed by atoms with Crippen LogP contribution in [0, 0.1) is 0 Å². The maximum atomic E-state index is 13.3. The molecule has 2 amide bonds. The van der Waals surface area contributed by atoms with Gasteiger partial charge in [-0.15, -0.1) is 0 Å². The minimum absolute atomic E-state index is 0.136. The Morgan fingerprint density at radius 3 is 2.41 bits per heavy atom. The Morgan fingerprint density at radius 1 is 1.09 bits per heavy atom. The van der Waals surface area contributed by atoms with Gasteiger partial charge in [0.05, 0.1) is 0 Å². The van der Waals surface area contributed by atoms with E-state index >= 15 is 0 Å². The van der Waals surface area contributed by atoms with E-state index in [4.69, 9.17) is 32.7 Å². The average Bonchev–Trinajstić information content (AvgIpc) is 3.18. The number of rotatable bonds is 7. The lowest BCUT2D eigenvalue weighted by Gasteiger charge is -2.32. The summed E-state index contributed by atoms with van der Waals surface area (Å²) in [6.07, 6.45) is 0.713. The standard InChI is InChI=1S/C24H28Cl2N2O4/c1-15(23(30)27-24(2,3)4)28(13-17-18(25)6-5-7-19(17)26)22(29)11-9-16-8-10-20-21(12-16)32-14-31-20/h5-8,10,12,15H,9,11,13-14H2,1-4H3,(H,27,30)/t15-/m1/s1. The van der Waals surface area contributed by atoms with E-state index in [2.05, 4.69) is 5.32 Å². The molecule has 0 radical (unpaired) electrons. The summed E-state index contributed by atoms with van der Waals surface area (Å²) in [6.45, 7) is 7.74. The molecule has 1 N–H and O–H groups in total. The second-order valence-corrected chi connectivity index (χ2v) is 9.64. The molecule has 0 saturated heterocycles. The Hall–Kier alpha value is -2.44. The predicted octanol–water partition coefficient (Wildman–Crippen LogP) is 4.99. The highest BCUT2D eigenvalue weighted by atomic mass is 35.5. The molecule has 0 aliphatic carbocycles. The van der Waals surface area contributed by atoms with Gasteiger partial charge in [0.1, 0.15) is 6.04 Å². The van der Waals surface area contributed by atoms with Crippen LogP contribution in [0.2, 0.25) is 10.0 Å². The summed E-state index contributed by atoms with van der Waals surface area (Å²) in [5.41, 5.74) is 1.14. The van der Waals surface area contributed by atoms with Gasteiger partial charge in [-0.2, -0.15) is 0 Å². The van der Waals surface area contributed by atoms with E-state index in [1.54, 1.807) is 25.1 Å². The lowest BCUT2D eigenvalue weighted by Crippen LogP contribution is -2.52. The smallest absolute Gasteiger partial charge is 0.242 e. The highest BCUT2D eigenvalue weighted by Gasteiger charge is 2.29. The van der Waals surface area contributed by atoms with Crippen molar-refractivity contribution in [1.82, 2.24) is 10.2 Å². The second kappa shape index (κ2) is 10.0. The molecule has 0 fully saturated rings. The minimum atomic E-state index is -0.703. The molecule has 1 aliphatic rings. The summed E-state index contributed by atoms with van der Waals surface area (Å²) in [5, 5.41) is 3.85. The van der Waals surface area contributed by atoms with E-state index in [9.17, 15) is 9.59 Å². The Morgan fingerprint density at radius 2 is 1.75 bits per heavy atom. The fourth-order valence-electron chi connectivity index (χ4n) is 3.40. The molecule has 8 heteroatoms. The zero-order chi connectivity index (χ0) is 23.5. The predicted molar refractivity (Wildman–Crippen MR) is 125 cm³/mol. The van der Waals surface area contributed by atoms with Gasteiger partial charge in [-0.1, -0.05) is 35.3 Å². The number of nitrogens with one attached hydrogen (secondary N) is 1. The molecule has 2 aromatic rings. The number of carbonyl (C=O) groups is 2. The van der Waals surface area contributed by atoms with Crippen LogP contribution in [0.5, 0.6) is 11.5 Å². The second-order valence-electron chi connectivity index (χ2n) is 8.82. The van der Waals surface area contributed by atoms with E-state index in [-0.39, 0.29) is 31.6 Å². The van der Waals surface area contributed by atoms with Gasteiger partial charge in [0.25, 0.3) is 0 Å². The first-order chi connectivity index (χ1) is 15.0. The summed E-state index contributed by atoms with van der Waals surface area (Å²) >= 11 is 12.7. The molecule has 2 aromatic carbocycles. The third kappa shape index (κ3) is 6.08. The molecule has 172 valence electrons. The van der Waals surface area contributed by atoms with Gasteiger partial charge in [-0.25, -0.2) is 0 Å². The van der Waals surface area contributed by atoms with E-state index in [0.717, 1.165) is 5.56 Å². The molecule has 3 rings (SSSR count). The van der Waals surface area contributed by atoms with Gasteiger partial charge in [-0.05, 0) is 63.9 Å². The maximum absolute atomic E-state index is 13.3. The zero-order valence-electron chi connectivity index (χ0n) is 18.7. The summed E-state index contributed by atoms with van der Waals surface area (Å²) in [5.74, 6) is 0.961. The van der Waals surface area contributed by atoms with E-state index in [1.165, 1.54) is 4.90 Å². The van der Waals surface area contributed by atoms with Gasteiger partial charge in [-0.3, -0.25) is 9.59 Å². The van der Waals surface area contributed by atoms with Gasteiger partial charge in [0.15, 0.2) is 11.5 Å². The fourth-order valence-corrected chi connectivity index (χ4v) is 3.92. The van der Waals surface area contributed by atoms with Gasteiger partial charge >= 0.3 is 0 Å². The summed E-state index contributed by atoms with van der Waals surface area (Å²) < 4.78 is 10.8. The van der Waals surface area contributed by atoms with Crippen molar-refractivity contribution in [3.05, 3.63) is 57.6 Å². The Balaban J connectivity index is 1.78. The molecule has 0 aromatic heterocycles. The molecule has 0 saturated carbocycles. The third-order valence-corrected chi connectivity index (χ3v) is 5.83. The zero-order valence-corrected chi connectivity index (χ0v) is 20.2. The highest BCUT2D eigenvalue weighted by molar-refractivity contribution is 6.36. The summed E-state index contributed by atoms with van der Waals surface area (Å²) in [7, 11) is 0. The number of hydrogen-bond donors (Lipinski definition) is 1. The van der Waals surface area contributed by atoms with Crippen molar-refractivity contribution in [1.29, 1.82) is 0 Å². The van der Waals surface area contributed by atoms with Crippen LogP contribution >= 0.6 is 23.2 Å². The normalized spacial score (nSPS) is 13.6. The SMILES string of the molecule is C[C@H](C(=O)NC(C)(C)C)N(Cc1c(Cl)cccc1Cl)C(=O)CCc1ccc2c(c1)OCO2. The van der Waals surface area contributed by atoms with Crippen LogP contribution in [0.4, 0.5) is 0 Å². The van der Waals surface area contributed by atoms with E-state index in [1.807, 2.05) is 39.0 Å². The van der Waals surface area contributed by atoms with Crippen LogP contribution in [0.25, 0.3) is 0 Å². The molecule has 1 atom stereocenters. The lowest BCUT2D eigenvalue weighted by molar-refractivity contribution is -0.141. The molecule has 32 heavy (non-hydrogen) atoms. The number of halogens is 2. The number of benzene rings is 2. The molecule has 6 nitrogen and oxygen atoms in total. The van der Waals surface area contributed by atoms with Crippen molar-refractivity contribution >= 4 is 35.0 Å². The highest BCUT2D eigenvalue weighted by Crippen LogP contribution is 2.33. The lowest BCUT2D eigenvalue weighted by atomic mass is 10.1. The maximum Gasteiger partial charge on any atom is 0.242 e. The van der Waals surface area contributed by atoms with Crippen LogP contribution in [-0.2, 0) is 22.6 Å². The van der Waals surface area contributed by atoms with Crippen LogP contribution in [0.15, 0.2) is 36.4 Å². The first kappa shape index (κ1) is 24.2. The minimum Gasteiger partial charge on any atom is -0.454 e. The molecule has 1 heterocycles. The van der Waals surface area contributed by atoms with Crippen molar-refractivity contribution in [3.8, 4) is 11.5 Å². The number of hydrogen-bond acceptors (Lipinski definition) is 4. The third-order valence-electron chi connectivity index (χ3n) is 5.12. The molecule has 0 unspecified atom stereocenters. The number of carbonyl (C=O) groups excluding carboxylic acids is 2. The van der Waals surface area contributed by atoms with Gasteiger partial charge in [0, 0.05) is 34.1 Å². The Bertz CT molecular complexity index is 984. The number of aryl methyl sites for hydroxylation is 1. The van der Waals surface area contributed by atoms with Crippen molar-refractivity contribution < 1.29 is 19.1 Å². The van der Waals surface area contributed by atoms with Crippen LogP contribution < -0.4 is 14.8 Å². The average molecular weight is 479 g/mol. The largest absolute Gasteiger partial charge is 0.454 e. The quantitative estimate of drug-likeness (QED) is 0.608. The van der Waals surface area contributed by atoms with Crippen molar-refractivity contribution in [3.63, 3.8) is 0 Å². The van der Waals surface area contributed by atoms with Crippen molar-refractivity contribution in [2.75, 3.05) is 6.79 Å². The topological polar surface area (TPSA) is 67.9 Å². The Labute approximate surface area is 198 Å². The van der Waals surface area contributed by atoms with Crippen LogP contribution in [0.3, 0.4) is 0 Å². The number of amides is 2. The first-order valence-electron chi connectivity index (χ1n) is 10.5.